The van der Waals surface area contributed by atoms with Gasteiger partial charge in [-0.1, -0.05) is 18.2 Å². The zero-order chi connectivity index (χ0) is 12.8. The number of benzene rings is 1. The van der Waals surface area contributed by atoms with Crippen LogP contribution in [-0.4, -0.2) is 21.7 Å². The largest absolute Gasteiger partial charge is 0.313 e. The van der Waals surface area contributed by atoms with Gasteiger partial charge in [-0.2, -0.15) is 5.10 Å². The van der Waals surface area contributed by atoms with Gasteiger partial charge in [0.1, 0.15) is 12.2 Å². The molecule has 1 heterocycles. The quantitative estimate of drug-likeness (QED) is 0.765. The average Bonchev–Trinajstić information content (AvgIpc) is 2.87. The highest BCUT2D eigenvalue weighted by atomic mass is 15.2. The summed E-state index contributed by atoms with van der Waals surface area (Å²) in [4.78, 5) is 4.10. The maximum absolute atomic E-state index is 4.10. The Morgan fingerprint density at radius 3 is 2.94 bits per heavy atom. The number of aromatic nitrogens is 3. The van der Waals surface area contributed by atoms with Crippen LogP contribution in [0.25, 0.3) is 0 Å². The van der Waals surface area contributed by atoms with Gasteiger partial charge < -0.3 is 5.32 Å². The summed E-state index contributed by atoms with van der Waals surface area (Å²) < 4.78 is 0. The van der Waals surface area contributed by atoms with E-state index >= 15 is 0 Å². The van der Waals surface area contributed by atoms with Gasteiger partial charge in [0.15, 0.2) is 0 Å². The smallest absolute Gasteiger partial charge is 0.137 e. The normalized spacial score (nSPS) is 10.8. The highest BCUT2D eigenvalue weighted by molar-refractivity contribution is 5.32. The Hall–Kier alpha value is -1.68. The summed E-state index contributed by atoms with van der Waals surface area (Å²) in [7, 11) is 0. The summed E-state index contributed by atoms with van der Waals surface area (Å²) in [5.41, 5.74) is 4.13. The molecule has 4 nitrogen and oxygen atoms in total. The molecule has 0 bridgehead atoms. The van der Waals surface area contributed by atoms with Crippen LogP contribution in [0, 0.1) is 13.8 Å². The third-order valence-electron chi connectivity index (χ3n) is 3.26. The van der Waals surface area contributed by atoms with E-state index in [9.17, 15) is 0 Å². The lowest BCUT2D eigenvalue weighted by atomic mass is 10.0. The maximum atomic E-state index is 4.10. The van der Waals surface area contributed by atoms with Crippen molar-refractivity contribution in [3.8, 4) is 0 Å². The Morgan fingerprint density at radius 2 is 2.17 bits per heavy atom. The number of nitrogens with one attached hydrogen (secondary N) is 2. The average molecular weight is 244 g/mol. The molecule has 2 rings (SSSR count). The first-order chi connectivity index (χ1) is 8.77. The molecule has 0 unspecified atom stereocenters. The minimum atomic E-state index is 0.934. The van der Waals surface area contributed by atoms with Crippen molar-refractivity contribution < 1.29 is 0 Å². The van der Waals surface area contributed by atoms with E-state index in [1.165, 1.54) is 16.7 Å². The Labute approximate surface area is 108 Å². The molecule has 96 valence electrons. The van der Waals surface area contributed by atoms with Crippen LogP contribution in [0.2, 0.25) is 0 Å². The molecule has 2 N–H and O–H groups in total. The summed E-state index contributed by atoms with van der Waals surface area (Å²) in [5, 5.41) is 10.2. The van der Waals surface area contributed by atoms with E-state index < -0.39 is 0 Å². The van der Waals surface area contributed by atoms with Crippen molar-refractivity contribution in [2.45, 2.75) is 33.2 Å². The van der Waals surface area contributed by atoms with Gasteiger partial charge in [0.2, 0.25) is 0 Å². The molecular formula is C14H20N4. The first kappa shape index (κ1) is 12.8. The molecule has 0 saturated heterocycles. The van der Waals surface area contributed by atoms with Crippen molar-refractivity contribution in [1.29, 1.82) is 0 Å². The number of hydrogen-bond acceptors (Lipinski definition) is 3. The lowest BCUT2D eigenvalue weighted by Gasteiger charge is -2.09. The van der Waals surface area contributed by atoms with Crippen molar-refractivity contribution in [3.63, 3.8) is 0 Å². The molecule has 0 radical (unpaired) electrons. The van der Waals surface area contributed by atoms with Crippen LogP contribution in [-0.2, 0) is 13.0 Å². The molecule has 18 heavy (non-hydrogen) atoms. The Bertz CT molecular complexity index is 477. The zero-order valence-corrected chi connectivity index (χ0v) is 11.0. The molecule has 1 aromatic heterocycles. The summed E-state index contributed by atoms with van der Waals surface area (Å²) in [5.74, 6) is 0.962. The number of H-pyrrole nitrogens is 1. The molecule has 1 aromatic carbocycles. The van der Waals surface area contributed by atoms with Gasteiger partial charge in [-0.15, -0.1) is 0 Å². The lowest BCUT2D eigenvalue weighted by molar-refractivity contribution is 0.638. The van der Waals surface area contributed by atoms with Gasteiger partial charge in [0.25, 0.3) is 0 Å². The highest BCUT2D eigenvalue weighted by Crippen LogP contribution is 2.12. The minimum absolute atomic E-state index is 0.934. The SMILES string of the molecule is Cc1cccc(CNCCCc2ncn[nH]2)c1C. The second-order valence-corrected chi connectivity index (χ2v) is 4.57. The molecule has 0 saturated carbocycles. The predicted octanol–water partition coefficient (Wildman–Crippen LogP) is 2.14. The molecule has 0 amide bonds. The van der Waals surface area contributed by atoms with Gasteiger partial charge in [0.05, 0.1) is 0 Å². The molecule has 0 aliphatic heterocycles. The fourth-order valence-corrected chi connectivity index (χ4v) is 1.96. The monoisotopic (exact) mass is 244 g/mol. The Balaban J connectivity index is 1.70. The summed E-state index contributed by atoms with van der Waals surface area (Å²) in [6.07, 6.45) is 3.57. The van der Waals surface area contributed by atoms with Crippen LogP contribution >= 0.6 is 0 Å². The molecule has 0 atom stereocenters. The van der Waals surface area contributed by atoms with Gasteiger partial charge in [0, 0.05) is 13.0 Å². The maximum Gasteiger partial charge on any atom is 0.137 e. The number of nitrogens with zero attached hydrogens (tertiary/aromatic N) is 2. The molecular weight excluding hydrogens is 224 g/mol. The van der Waals surface area contributed by atoms with Crippen molar-refractivity contribution in [2.75, 3.05) is 6.54 Å². The Kier molecular flexibility index (Phi) is 4.47. The van der Waals surface area contributed by atoms with Crippen LogP contribution in [0.5, 0.6) is 0 Å². The third-order valence-corrected chi connectivity index (χ3v) is 3.26. The number of aryl methyl sites for hydroxylation is 2. The predicted molar refractivity (Wildman–Crippen MR) is 72.3 cm³/mol. The third kappa shape index (κ3) is 3.40. The van der Waals surface area contributed by atoms with Crippen LogP contribution < -0.4 is 5.32 Å². The number of rotatable bonds is 6. The van der Waals surface area contributed by atoms with Crippen LogP contribution in [0.4, 0.5) is 0 Å². The van der Waals surface area contributed by atoms with Crippen LogP contribution in [0.1, 0.15) is 28.9 Å². The van der Waals surface area contributed by atoms with E-state index in [-0.39, 0.29) is 0 Å². The van der Waals surface area contributed by atoms with Crippen LogP contribution in [0.15, 0.2) is 24.5 Å². The second-order valence-electron chi connectivity index (χ2n) is 4.57. The molecule has 0 fully saturated rings. The Morgan fingerprint density at radius 1 is 1.28 bits per heavy atom. The molecule has 4 heteroatoms. The summed E-state index contributed by atoms with van der Waals surface area (Å²) >= 11 is 0. The first-order valence-electron chi connectivity index (χ1n) is 6.37. The highest BCUT2D eigenvalue weighted by Gasteiger charge is 2.00. The second kappa shape index (κ2) is 6.31. The van der Waals surface area contributed by atoms with Gasteiger partial charge in [-0.25, -0.2) is 4.98 Å². The molecule has 2 aromatic rings. The van der Waals surface area contributed by atoms with Crippen molar-refractivity contribution in [3.05, 3.63) is 47.0 Å². The first-order valence-corrected chi connectivity index (χ1v) is 6.37. The van der Waals surface area contributed by atoms with Crippen LogP contribution in [0.3, 0.4) is 0 Å². The van der Waals surface area contributed by atoms with E-state index in [2.05, 4.69) is 52.5 Å². The molecule has 0 aliphatic rings. The van der Waals surface area contributed by atoms with Gasteiger partial charge in [-0.3, -0.25) is 5.10 Å². The fraction of sp³-hybridized carbons (Fsp3) is 0.429. The minimum Gasteiger partial charge on any atom is -0.313 e. The molecule has 0 spiro atoms. The zero-order valence-electron chi connectivity index (χ0n) is 11.0. The van der Waals surface area contributed by atoms with Gasteiger partial charge >= 0.3 is 0 Å². The van der Waals surface area contributed by atoms with Gasteiger partial charge in [-0.05, 0) is 43.5 Å². The standard InChI is InChI=1S/C14H20N4/c1-11-5-3-6-13(12(11)2)9-15-8-4-7-14-16-10-17-18-14/h3,5-6,10,15H,4,7-9H2,1-2H3,(H,16,17,18). The number of aromatic amines is 1. The topological polar surface area (TPSA) is 53.6 Å². The summed E-state index contributed by atoms with van der Waals surface area (Å²) in [6, 6.07) is 6.46. The van der Waals surface area contributed by atoms with E-state index in [0.717, 1.165) is 31.8 Å². The molecule has 0 aliphatic carbocycles. The summed E-state index contributed by atoms with van der Waals surface area (Å²) in [6.45, 7) is 6.27. The van der Waals surface area contributed by atoms with Crippen molar-refractivity contribution in [1.82, 2.24) is 20.5 Å². The van der Waals surface area contributed by atoms with E-state index in [4.69, 9.17) is 0 Å². The fourth-order valence-electron chi connectivity index (χ4n) is 1.96. The van der Waals surface area contributed by atoms with Crippen molar-refractivity contribution >= 4 is 0 Å². The van der Waals surface area contributed by atoms with E-state index in [0.29, 0.717) is 0 Å². The van der Waals surface area contributed by atoms with E-state index in [1.807, 2.05) is 0 Å². The van der Waals surface area contributed by atoms with E-state index in [1.54, 1.807) is 6.33 Å². The van der Waals surface area contributed by atoms with Crippen molar-refractivity contribution in [2.24, 2.45) is 0 Å². The lowest BCUT2D eigenvalue weighted by Crippen LogP contribution is -2.16. The number of hydrogen-bond donors (Lipinski definition) is 2.